The highest BCUT2D eigenvalue weighted by atomic mass is 16.5. The Morgan fingerprint density at radius 1 is 1.25 bits per heavy atom. The maximum Gasteiger partial charge on any atom is 0.312 e. The summed E-state index contributed by atoms with van der Waals surface area (Å²) in [7, 11) is 0. The van der Waals surface area contributed by atoms with E-state index in [1.165, 1.54) is 19.3 Å². The van der Waals surface area contributed by atoms with Crippen LogP contribution in [0.2, 0.25) is 0 Å². The van der Waals surface area contributed by atoms with Gasteiger partial charge in [0.05, 0.1) is 17.5 Å². The molecule has 1 aliphatic rings. The molecule has 1 aromatic carbocycles. The molecule has 0 spiro atoms. The fraction of sp³-hybridized carbons (Fsp3) is 0.500. The Bertz CT molecular complexity index is 818. The van der Waals surface area contributed by atoms with Gasteiger partial charge in [0, 0.05) is 11.8 Å². The van der Waals surface area contributed by atoms with Crippen molar-refractivity contribution >= 4 is 5.97 Å². The second-order valence-corrected chi connectivity index (χ2v) is 8.09. The molecular weight excluding hydrogens is 350 g/mol. The van der Waals surface area contributed by atoms with Crippen molar-refractivity contribution in [2.45, 2.75) is 71.1 Å². The van der Waals surface area contributed by atoms with E-state index in [0.717, 1.165) is 24.1 Å². The first-order chi connectivity index (χ1) is 13.5. The zero-order valence-corrected chi connectivity index (χ0v) is 17.2. The number of hydrogen-bond donors (Lipinski definition) is 1. The number of phenolic OH excluding ortho intramolecular Hbond substituents is 1. The molecule has 3 rings (SSSR count). The minimum Gasteiger partial charge on any atom is -0.507 e. The molecule has 2 heterocycles. The number of aromatic hydroxyl groups is 1. The molecule has 1 aromatic heterocycles. The zero-order valence-electron chi connectivity index (χ0n) is 17.2. The number of carbonyl (C=O) groups is 1. The van der Waals surface area contributed by atoms with Crippen LogP contribution in [-0.2, 0) is 16.6 Å². The van der Waals surface area contributed by atoms with E-state index in [9.17, 15) is 9.90 Å². The molecule has 2 aromatic rings. The number of carbonyl (C=O) groups excluding carboxylic acids is 1. The molecule has 1 N–H and O–H groups in total. The maximum absolute atomic E-state index is 12.5. The topological polar surface area (TPSA) is 59.4 Å². The van der Waals surface area contributed by atoms with Crippen molar-refractivity contribution in [3.8, 4) is 11.5 Å². The number of pyridine rings is 1. The molecule has 2 atom stereocenters. The molecule has 0 amide bonds. The Morgan fingerprint density at radius 2 is 2.07 bits per heavy atom. The van der Waals surface area contributed by atoms with Crippen LogP contribution in [0.25, 0.3) is 0 Å². The number of rotatable bonds is 8. The van der Waals surface area contributed by atoms with E-state index in [4.69, 9.17) is 4.74 Å². The van der Waals surface area contributed by atoms with Crippen molar-refractivity contribution in [2.24, 2.45) is 5.92 Å². The Labute approximate surface area is 168 Å². The van der Waals surface area contributed by atoms with E-state index in [0.29, 0.717) is 23.7 Å². The van der Waals surface area contributed by atoms with Gasteiger partial charge in [-0.2, -0.15) is 0 Å². The van der Waals surface area contributed by atoms with E-state index < -0.39 is 5.41 Å². The highest BCUT2D eigenvalue weighted by Crippen LogP contribution is 2.50. The van der Waals surface area contributed by atoms with Gasteiger partial charge in [0.2, 0.25) is 0 Å². The summed E-state index contributed by atoms with van der Waals surface area (Å²) in [5.74, 6) is 0.940. The van der Waals surface area contributed by atoms with E-state index in [1.54, 1.807) is 6.20 Å². The number of ether oxygens (including phenoxy) is 1. The number of esters is 1. The van der Waals surface area contributed by atoms with Crippen LogP contribution in [-0.4, -0.2) is 16.1 Å². The first-order valence-corrected chi connectivity index (χ1v) is 10.5. The van der Waals surface area contributed by atoms with Gasteiger partial charge >= 0.3 is 5.97 Å². The smallest absolute Gasteiger partial charge is 0.312 e. The van der Waals surface area contributed by atoms with E-state index in [1.807, 2.05) is 37.3 Å². The molecule has 0 saturated carbocycles. The van der Waals surface area contributed by atoms with Gasteiger partial charge in [-0.3, -0.25) is 9.78 Å². The largest absolute Gasteiger partial charge is 0.507 e. The first kappa shape index (κ1) is 20.4. The molecule has 0 radical (unpaired) electrons. The normalized spacial score (nSPS) is 19.8. The molecule has 0 fully saturated rings. The quantitative estimate of drug-likeness (QED) is 0.370. The van der Waals surface area contributed by atoms with Crippen LogP contribution in [0.3, 0.4) is 0 Å². The number of fused-ring (bicyclic) bond motifs is 1. The number of nitrogens with zero attached hydrogens (tertiary/aromatic N) is 1. The first-order valence-electron chi connectivity index (χ1n) is 10.5. The maximum atomic E-state index is 12.5. The lowest BCUT2D eigenvalue weighted by Crippen LogP contribution is -2.37. The second kappa shape index (κ2) is 8.76. The predicted octanol–water partition coefficient (Wildman–Crippen LogP) is 5.55. The van der Waals surface area contributed by atoms with Gasteiger partial charge in [-0.25, -0.2) is 0 Å². The molecule has 0 saturated heterocycles. The number of phenols is 1. The molecule has 4 nitrogen and oxygen atoms in total. The number of unbranched alkanes of at least 4 members (excludes halogenated alkanes) is 2. The van der Waals surface area contributed by atoms with Gasteiger partial charge in [0.15, 0.2) is 0 Å². The Kier molecular flexibility index (Phi) is 6.38. The van der Waals surface area contributed by atoms with Crippen molar-refractivity contribution < 1.29 is 14.6 Å². The Morgan fingerprint density at radius 3 is 2.75 bits per heavy atom. The van der Waals surface area contributed by atoms with Crippen LogP contribution in [0, 0.1) is 5.92 Å². The van der Waals surface area contributed by atoms with Gasteiger partial charge in [0.25, 0.3) is 0 Å². The Hall–Kier alpha value is -2.36. The third-order valence-corrected chi connectivity index (χ3v) is 5.93. The zero-order chi connectivity index (χ0) is 20.1. The Balaban J connectivity index is 1.97. The van der Waals surface area contributed by atoms with Crippen LogP contribution in [0.5, 0.6) is 11.5 Å². The number of hydrogen-bond acceptors (Lipinski definition) is 4. The standard InChI is InChI=1S/C24H31NO3/c1-4-6-7-10-17(3)13-18-14-19(26)23-20(15-18)28-22(27)16-24(23,5-2)21-11-8-9-12-25-21/h8-9,11-12,14-15,17,26H,4-7,10,13,16H2,1-3H3. The minimum absolute atomic E-state index is 0.188. The molecular formula is C24H31NO3. The summed E-state index contributed by atoms with van der Waals surface area (Å²) in [6, 6.07) is 9.49. The van der Waals surface area contributed by atoms with Crippen molar-refractivity contribution in [3.05, 3.63) is 53.3 Å². The van der Waals surface area contributed by atoms with Gasteiger partial charge < -0.3 is 9.84 Å². The lowest BCUT2D eigenvalue weighted by atomic mass is 9.70. The highest BCUT2D eigenvalue weighted by Gasteiger charge is 2.45. The molecule has 4 heteroatoms. The molecule has 0 aliphatic carbocycles. The minimum atomic E-state index is -0.652. The lowest BCUT2D eigenvalue weighted by Gasteiger charge is -2.37. The molecule has 0 bridgehead atoms. The van der Waals surface area contributed by atoms with Crippen molar-refractivity contribution in [2.75, 3.05) is 0 Å². The van der Waals surface area contributed by atoms with Crippen LogP contribution in [0.4, 0.5) is 0 Å². The fourth-order valence-corrected chi connectivity index (χ4v) is 4.42. The molecule has 150 valence electrons. The average Bonchev–Trinajstić information content (AvgIpc) is 2.67. The second-order valence-electron chi connectivity index (χ2n) is 8.09. The molecule has 2 unspecified atom stereocenters. The summed E-state index contributed by atoms with van der Waals surface area (Å²) in [6.07, 6.45) is 8.30. The summed E-state index contributed by atoms with van der Waals surface area (Å²) >= 11 is 0. The van der Waals surface area contributed by atoms with E-state index in [2.05, 4.69) is 18.8 Å². The average molecular weight is 382 g/mol. The van der Waals surface area contributed by atoms with E-state index >= 15 is 0 Å². The highest BCUT2D eigenvalue weighted by molar-refractivity contribution is 5.80. The summed E-state index contributed by atoms with van der Waals surface area (Å²) < 4.78 is 5.59. The van der Waals surface area contributed by atoms with E-state index in [-0.39, 0.29) is 18.1 Å². The van der Waals surface area contributed by atoms with Gasteiger partial charge in [-0.05, 0) is 48.6 Å². The summed E-state index contributed by atoms with van der Waals surface area (Å²) in [4.78, 5) is 17.0. The summed E-state index contributed by atoms with van der Waals surface area (Å²) in [6.45, 7) is 6.48. The monoisotopic (exact) mass is 381 g/mol. The van der Waals surface area contributed by atoms with Crippen LogP contribution in [0.15, 0.2) is 36.5 Å². The summed E-state index contributed by atoms with van der Waals surface area (Å²) in [5.41, 5.74) is 1.85. The molecule has 28 heavy (non-hydrogen) atoms. The van der Waals surface area contributed by atoms with Gasteiger partial charge in [-0.1, -0.05) is 52.5 Å². The van der Waals surface area contributed by atoms with Crippen molar-refractivity contribution in [1.29, 1.82) is 0 Å². The van der Waals surface area contributed by atoms with Crippen LogP contribution >= 0.6 is 0 Å². The van der Waals surface area contributed by atoms with Crippen molar-refractivity contribution in [3.63, 3.8) is 0 Å². The number of benzene rings is 1. The van der Waals surface area contributed by atoms with Gasteiger partial charge in [-0.15, -0.1) is 0 Å². The van der Waals surface area contributed by atoms with Gasteiger partial charge in [0.1, 0.15) is 11.5 Å². The van der Waals surface area contributed by atoms with Crippen LogP contribution < -0.4 is 4.74 Å². The third kappa shape index (κ3) is 4.06. The van der Waals surface area contributed by atoms with Crippen LogP contribution in [0.1, 0.15) is 76.1 Å². The van der Waals surface area contributed by atoms with Crippen molar-refractivity contribution in [1.82, 2.24) is 4.98 Å². The third-order valence-electron chi connectivity index (χ3n) is 5.93. The molecule has 1 aliphatic heterocycles. The summed E-state index contributed by atoms with van der Waals surface area (Å²) in [5, 5.41) is 11.0. The number of aromatic nitrogens is 1. The SMILES string of the molecule is CCCCCC(C)Cc1cc(O)c2c(c1)OC(=O)CC2(CC)c1ccccn1. The fourth-order valence-electron chi connectivity index (χ4n) is 4.42. The lowest BCUT2D eigenvalue weighted by molar-refractivity contribution is -0.137. The predicted molar refractivity (Wildman–Crippen MR) is 111 cm³/mol.